The van der Waals surface area contributed by atoms with E-state index in [-0.39, 0.29) is 5.92 Å². The standard InChI is InChI=1S/C12H20O/c1-9-5-6-11(12(2,3)4)7-10(9)8-13/h8,10-11H,1,5-7H2,2-4H3. The zero-order chi connectivity index (χ0) is 10.1. The van der Waals surface area contributed by atoms with Gasteiger partial charge < -0.3 is 4.79 Å². The fraction of sp³-hybridized carbons (Fsp3) is 0.750. The average Bonchev–Trinajstić information content (AvgIpc) is 2.03. The minimum Gasteiger partial charge on any atom is -0.303 e. The van der Waals surface area contributed by atoms with Crippen molar-refractivity contribution in [3.63, 3.8) is 0 Å². The van der Waals surface area contributed by atoms with Crippen LogP contribution < -0.4 is 0 Å². The Morgan fingerprint density at radius 3 is 2.54 bits per heavy atom. The van der Waals surface area contributed by atoms with E-state index in [1.165, 1.54) is 6.42 Å². The lowest BCUT2D eigenvalue weighted by molar-refractivity contribution is -0.111. The van der Waals surface area contributed by atoms with E-state index in [9.17, 15) is 4.79 Å². The zero-order valence-corrected chi connectivity index (χ0v) is 8.97. The number of rotatable bonds is 1. The number of carbonyl (C=O) groups excluding carboxylic acids is 1. The quantitative estimate of drug-likeness (QED) is 0.447. The first kappa shape index (κ1) is 10.5. The summed E-state index contributed by atoms with van der Waals surface area (Å²) in [5, 5.41) is 0. The Kier molecular flexibility index (Phi) is 2.94. The highest BCUT2D eigenvalue weighted by atomic mass is 16.1. The summed E-state index contributed by atoms with van der Waals surface area (Å²) in [6.07, 6.45) is 4.31. The molecule has 1 fully saturated rings. The molecule has 74 valence electrons. The summed E-state index contributed by atoms with van der Waals surface area (Å²) >= 11 is 0. The van der Waals surface area contributed by atoms with Gasteiger partial charge in [-0.05, 0) is 30.6 Å². The fourth-order valence-electron chi connectivity index (χ4n) is 2.07. The van der Waals surface area contributed by atoms with Crippen LogP contribution in [0.2, 0.25) is 0 Å². The minimum atomic E-state index is 0.123. The van der Waals surface area contributed by atoms with Crippen molar-refractivity contribution in [3.05, 3.63) is 12.2 Å². The highest BCUT2D eigenvalue weighted by molar-refractivity contribution is 5.58. The normalized spacial score (nSPS) is 30.2. The summed E-state index contributed by atoms with van der Waals surface area (Å²) in [4.78, 5) is 10.8. The Balaban J connectivity index is 2.65. The Hall–Kier alpha value is -0.590. The number of carbonyl (C=O) groups is 1. The van der Waals surface area contributed by atoms with Gasteiger partial charge in [-0.15, -0.1) is 0 Å². The van der Waals surface area contributed by atoms with Crippen LogP contribution in [0.1, 0.15) is 40.0 Å². The van der Waals surface area contributed by atoms with E-state index in [2.05, 4.69) is 27.4 Å². The van der Waals surface area contributed by atoms with E-state index in [0.717, 1.165) is 24.7 Å². The lowest BCUT2D eigenvalue weighted by Gasteiger charge is -2.37. The molecule has 0 radical (unpaired) electrons. The number of allylic oxidation sites excluding steroid dienone is 1. The van der Waals surface area contributed by atoms with Crippen LogP contribution in [0.15, 0.2) is 12.2 Å². The van der Waals surface area contributed by atoms with Gasteiger partial charge in [0.1, 0.15) is 6.29 Å². The molecule has 0 N–H and O–H groups in total. The molecule has 1 aliphatic carbocycles. The SMILES string of the molecule is C=C1CCC(C(C)(C)C)CC1C=O. The molecule has 0 heterocycles. The number of hydrogen-bond donors (Lipinski definition) is 0. The maximum Gasteiger partial charge on any atom is 0.127 e. The monoisotopic (exact) mass is 180 g/mol. The lowest BCUT2D eigenvalue weighted by Crippen LogP contribution is -2.28. The molecule has 0 aromatic carbocycles. The minimum absolute atomic E-state index is 0.123. The summed E-state index contributed by atoms with van der Waals surface area (Å²) in [6, 6.07) is 0. The number of aldehydes is 1. The second-order valence-electron chi connectivity index (χ2n) is 5.24. The Bertz CT molecular complexity index is 210. The summed E-state index contributed by atoms with van der Waals surface area (Å²) in [6.45, 7) is 10.7. The smallest absolute Gasteiger partial charge is 0.127 e. The van der Waals surface area contributed by atoms with E-state index < -0.39 is 0 Å². The molecule has 0 spiro atoms. The van der Waals surface area contributed by atoms with Crippen molar-refractivity contribution in [1.82, 2.24) is 0 Å². The maximum atomic E-state index is 10.8. The third kappa shape index (κ3) is 2.43. The molecule has 1 rings (SSSR count). The van der Waals surface area contributed by atoms with Gasteiger partial charge >= 0.3 is 0 Å². The van der Waals surface area contributed by atoms with Crippen LogP contribution in [-0.4, -0.2) is 6.29 Å². The lowest BCUT2D eigenvalue weighted by atomic mass is 9.68. The molecular formula is C12H20O. The van der Waals surface area contributed by atoms with E-state index in [4.69, 9.17) is 0 Å². The van der Waals surface area contributed by atoms with Crippen molar-refractivity contribution >= 4 is 6.29 Å². The second-order valence-corrected chi connectivity index (χ2v) is 5.24. The summed E-state index contributed by atoms with van der Waals surface area (Å²) in [7, 11) is 0. The van der Waals surface area contributed by atoms with Gasteiger partial charge in [0.2, 0.25) is 0 Å². The Morgan fingerprint density at radius 2 is 2.08 bits per heavy atom. The maximum absolute atomic E-state index is 10.8. The molecule has 2 unspecified atom stereocenters. The van der Waals surface area contributed by atoms with Crippen LogP contribution >= 0.6 is 0 Å². The molecule has 1 saturated carbocycles. The van der Waals surface area contributed by atoms with Crippen LogP contribution in [0.4, 0.5) is 0 Å². The van der Waals surface area contributed by atoms with E-state index in [1.54, 1.807) is 0 Å². The molecule has 1 heteroatoms. The third-order valence-corrected chi connectivity index (χ3v) is 3.27. The van der Waals surface area contributed by atoms with E-state index in [1.807, 2.05) is 0 Å². The molecule has 1 nitrogen and oxygen atoms in total. The summed E-state index contributed by atoms with van der Waals surface area (Å²) in [5.74, 6) is 0.797. The van der Waals surface area contributed by atoms with Crippen molar-refractivity contribution in [2.75, 3.05) is 0 Å². The summed E-state index contributed by atoms with van der Waals surface area (Å²) in [5.41, 5.74) is 1.47. The Labute approximate surface area is 81.2 Å². The van der Waals surface area contributed by atoms with Crippen molar-refractivity contribution in [3.8, 4) is 0 Å². The average molecular weight is 180 g/mol. The molecule has 0 bridgehead atoms. The topological polar surface area (TPSA) is 17.1 Å². The van der Waals surface area contributed by atoms with Crippen molar-refractivity contribution in [2.24, 2.45) is 17.3 Å². The van der Waals surface area contributed by atoms with Crippen LogP contribution in [0.25, 0.3) is 0 Å². The van der Waals surface area contributed by atoms with Crippen molar-refractivity contribution < 1.29 is 4.79 Å². The predicted octanol–water partition coefficient (Wildman–Crippen LogP) is 3.20. The first-order chi connectivity index (χ1) is 5.95. The molecule has 0 aromatic heterocycles. The largest absolute Gasteiger partial charge is 0.303 e. The first-order valence-corrected chi connectivity index (χ1v) is 5.08. The van der Waals surface area contributed by atoms with Crippen molar-refractivity contribution in [1.29, 1.82) is 0 Å². The second kappa shape index (κ2) is 3.65. The van der Waals surface area contributed by atoms with Gasteiger partial charge in [0.25, 0.3) is 0 Å². The molecular weight excluding hydrogens is 160 g/mol. The highest BCUT2D eigenvalue weighted by Crippen LogP contribution is 2.41. The zero-order valence-electron chi connectivity index (χ0n) is 8.97. The molecule has 0 saturated heterocycles. The van der Waals surface area contributed by atoms with Crippen LogP contribution in [-0.2, 0) is 4.79 Å². The molecule has 0 aromatic rings. The van der Waals surface area contributed by atoms with Gasteiger partial charge in [0.15, 0.2) is 0 Å². The van der Waals surface area contributed by atoms with Crippen LogP contribution in [0.3, 0.4) is 0 Å². The van der Waals surface area contributed by atoms with Crippen molar-refractivity contribution in [2.45, 2.75) is 40.0 Å². The van der Waals surface area contributed by atoms with Gasteiger partial charge in [0.05, 0.1) is 0 Å². The van der Waals surface area contributed by atoms with Gasteiger partial charge in [-0.2, -0.15) is 0 Å². The molecule has 2 atom stereocenters. The van der Waals surface area contributed by atoms with Gasteiger partial charge in [-0.1, -0.05) is 32.9 Å². The Morgan fingerprint density at radius 1 is 1.46 bits per heavy atom. The number of hydrogen-bond acceptors (Lipinski definition) is 1. The van der Waals surface area contributed by atoms with E-state index in [0.29, 0.717) is 11.3 Å². The van der Waals surface area contributed by atoms with E-state index >= 15 is 0 Å². The fourth-order valence-corrected chi connectivity index (χ4v) is 2.07. The molecule has 0 aliphatic heterocycles. The van der Waals surface area contributed by atoms with Gasteiger partial charge in [-0.25, -0.2) is 0 Å². The molecule has 0 amide bonds. The third-order valence-electron chi connectivity index (χ3n) is 3.27. The van der Waals surface area contributed by atoms with Crippen LogP contribution in [0.5, 0.6) is 0 Å². The summed E-state index contributed by atoms with van der Waals surface area (Å²) < 4.78 is 0. The first-order valence-electron chi connectivity index (χ1n) is 5.08. The highest BCUT2D eigenvalue weighted by Gasteiger charge is 2.31. The van der Waals surface area contributed by atoms with Gasteiger partial charge in [-0.3, -0.25) is 0 Å². The molecule has 1 aliphatic rings. The van der Waals surface area contributed by atoms with Crippen LogP contribution in [0, 0.1) is 17.3 Å². The van der Waals surface area contributed by atoms with Gasteiger partial charge in [0, 0.05) is 5.92 Å². The molecule has 13 heavy (non-hydrogen) atoms. The predicted molar refractivity (Wildman–Crippen MR) is 55.5 cm³/mol.